The van der Waals surface area contributed by atoms with Crippen LogP contribution in [-0.2, 0) is 0 Å². The van der Waals surface area contributed by atoms with Crippen LogP contribution in [-0.4, -0.2) is 19.2 Å². The molecule has 0 radical (unpaired) electrons. The molecule has 7 aromatic carbocycles. The fourth-order valence-electron chi connectivity index (χ4n) is 9.65. The standard InChI is InChI=1S/C47H31B2N7S/c1-3-15-32(16-4-1)51-37-19-7-10-22-40(37)54-42-24-12-9-21-39(42)53(48(51)54)34-27-28-45-36(31-34)35-29-30-50-47(46(35)57-45)56-44-26-14-13-25-43(44)55-41-23-11-8-20-38(41)52(49(55)56)33-17-5-2-6-18-33/h1-31H. The summed E-state index contributed by atoms with van der Waals surface area (Å²) in [4.78, 5) is 20.1. The molecule has 0 fully saturated rings. The number of anilines is 12. The van der Waals surface area contributed by atoms with E-state index in [4.69, 9.17) is 4.98 Å². The maximum atomic E-state index is 5.23. The van der Waals surface area contributed by atoms with E-state index in [0.29, 0.717) is 0 Å². The molecule has 0 saturated carbocycles. The summed E-state index contributed by atoms with van der Waals surface area (Å²) < 4.78 is 2.41. The Labute approximate surface area is 334 Å². The van der Waals surface area contributed by atoms with Crippen LogP contribution in [0.5, 0.6) is 0 Å². The molecule has 0 atom stereocenters. The zero-order chi connectivity index (χ0) is 37.2. The minimum Gasteiger partial charge on any atom is -0.344 e. The lowest BCUT2D eigenvalue weighted by atomic mass is 9.86. The average molecular weight is 748 g/mol. The molecule has 4 aliphatic heterocycles. The van der Waals surface area contributed by atoms with Crippen LogP contribution in [0.2, 0.25) is 0 Å². The summed E-state index contributed by atoms with van der Waals surface area (Å²) in [5.74, 6) is 0.961. The fourth-order valence-corrected chi connectivity index (χ4v) is 10.8. The van der Waals surface area contributed by atoms with E-state index in [0.717, 1.165) is 28.6 Å². The summed E-state index contributed by atoms with van der Waals surface area (Å²) in [6.45, 7) is 0. The van der Waals surface area contributed by atoms with Gasteiger partial charge in [0.25, 0.3) is 0 Å². The van der Waals surface area contributed by atoms with Gasteiger partial charge in [0.05, 0.1) is 50.2 Å². The zero-order valence-corrected chi connectivity index (χ0v) is 31.4. The van der Waals surface area contributed by atoms with Crippen LogP contribution >= 0.6 is 11.3 Å². The average Bonchev–Trinajstić information content (AvgIpc) is 4.06. The van der Waals surface area contributed by atoms with Crippen LogP contribution in [0.25, 0.3) is 20.2 Å². The highest BCUT2D eigenvalue weighted by molar-refractivity contribution is 7.26. The van der Waals surface area contributed by atoms with Gasteiger partial charge in [0, 0.05) is 38.7 Å². The highest BCUT2D eigenvalue weighted by Crippen LogP contribution is 2.58. The molecule has 0 amide bonds. The quantitative estimate of drug-likeness (QED) is 0.166. The number of hydrogen-bond donors (Lipinski definition) is 0. The molecular formula is C47H31B2N7S. The number of fused-ring (bicyclic) bond motifs is 13. The van der Waals surface area contributed by atoms with Crippen molar-refractivity contribution < 1.29 is 0 Å². The Balaban J connectivity index is 0.989. The smallest absolute Gasteiger partial charge is 0.344 e. The van der Waals surface area contributed by atoms with E-state index in [9.17, 15) is 0 Å². The molecule has 9 aromatic rings. The molecule has 4 aliphatic rings. The summed E-state index contributed by atoms with van der Waals surface area (Å²) in [5, 5.41) is 2.44. The van der Waals surface area contributed by atoms with Crippen LogP contribution in [0.3, 0.4) is 0 Å². The maximum absolute atomic E-state index is 5.23. The molecule has 57 heavy (non-hydrogen) atoms. The number of aromatic nitrogens is 1. The lowest BCUT2D eigenvalue weighted by Crippen LogP contribution is -2.51. The summed E-state index contributed by atoms with van der Waals surface area (Å²) >= 11 is 1.83. The fraction of sp³-hybridized carbons (Fsp3) is 0. The molecule has 266 valence electrons. The Hall–Kier alpha value is -7.16. The van der Waals surface area contributed by atoms with Gasteiger partial charge in [-0.1, -0.05) is 84.9 Å². The van der Waals surface area contributed by atoms with Gasteiger partial charge < -0.3 is 28.9 Å². The Kier molecular flexibility index (Phi) is 6.37. The third-order valence-electron chi connectivity index (χ3n) is 11.9. The molecule has 0 N–H and O–H groups in total. The van der Waals surface area contributed by atoms with Crippen molar-refractivity contribution in [2.24, 2.45) is 0 Å². The maximum Gasteiger partial charge on any atom is 0.520 e. The normalized spacial score (nSPS) is 14.7. The van der Waals surface area contributed by atoms with Crippen LogP contribution in [0, 0.1) is 0 Å². The van der Waals surface area contributed by atoms with Crippen molar-refractivity contribution in [3.8, 4) is 0 Å². The van der Waals surface area contributed by atoms with Gasteiger partial charge >= 0.3 is 14.2 Å². The first-order chi connectivity index (χ1) is 28.3. The first-order valence-corrected chi connectivity index (χ1v) is 20.2. The minimum atomic E-state index is -0.166. The van der Waals surface area contributed by atoms with Crippen molar-refractivity contribution in [1.29, 1.82) is 0 Å². The molecule has 6 heterocycles. The summed E-state index contributed by atoms with van der Waals surface area (Å²) in [5.41, 5.74) is 12.9. The molecule has 0 bridgehead atoms. The molecule has 2 aromatic heterocycles. The van der Waals surface area contributed by atoms with Crippen molar-refractivity contribution in [3.63, 3.8) is 0 Å². The monoisotopic (exact) mass is 747 g/mol. The van der Waals surface area contributed by atoms with Gasteiger partial charge in [-0.15, -0.1) is 11.3 Å². The lowest BCUT2D eigenvalue weighted by molar-refractivity contribution is 1.25. The van der Waals surface area contributed by atoms with E-state index in [2.05, 4.69) is 211 Å². The predicted octanol–water partition coefficient (Wildman–Crippen LogP) is 12.3. The van der Waals surface area contributed by atoms with E-state index in [1.165, 1.54) is 60.0 Å². The number of pyridine rings is 1. The third kappa shape index (κ3) is 4.19. The van der Waals surface area contributed by atoms with Crippen LogP contribution in [0.4, 0.5) is 68.4 Å². The van der Waals surface area contributed by atoms with Gasteiger partial charge in [0.2, 0.25) is 0 Å². The summed E-state index contributed by atoms with van der Waals surface area (Å²) in [6.07, 6.45) is 1.99. The number of para-hydroxylation sites is 10. The van der Waals surface area contributed by atoms with E-state index in [1.54, 1.807) is 0 Å². The zero-order valence-electron chi connectivity index (χ0n) is 30.6. The number of nitrogens with zero attached hydrogens (tertiary/aromatic N) is 7. The lowest BCUT2D eigenvalue weighted by Gasteiger charge is -2.31. The van der Waals surface area contributed by atoms with Crippen LogP contribution in [0.15, 0.2) is 188 Å². The molecule has 7 nitrogen and oxygen atoms in total. The molecule has 0 saturated heterocycles. The Morgan fingerprint density at radius 2 is 0.754 bits per heavy atom. The first-order valence-electron chi connectivity index (χ1n) is 19.4. The highest BCUT2D eigenvalue weighted by Gasteiger charge is 2.55. The van der Waals surface area contributed by atoms with Gasteiger partial charge in [0.1, 0.15) is 5.82 Å². The Morgan fingerprint density at radius 1 is 0.351 bits per heavy atom. The number of thiophene rings is 1. The highest BCUT2D eigenvalue weighted by atomic mass is 32.1. The second kappa shape index (κ2) is 11.7. The molecular weight excluding hydrogens is 716 g/mol. The molecule has 10 heteroatoms. The predicted molar refractivity (Wildman–Crippen MR) is 240 cm³/mol. The Morgan fingerprint density at radius 3 is 1.25 bits per heavy atom. The van der Waals surface area contributed by atoms with Crippen molar-refractivity contribution in [3.05, 3.63) is 188 Å². The van der Waals surface area contributed by atoms with E-state index in [1.807, 2.05) is 17.5 Å². The number of hydrogen-bond acceptors (Lipinski definition) is 8. The summed E-state index contributed by atoms with van der Waals surface area (Å²) in [7, 11) is -0.275. The van der Waals surface area contributed by atoms with E-state index >= 15 is 0 Å². The first kappa shape index (κ1) is 31.1. The second-order valence-electron chi connectivity index (χ2n) is 14.8. The van der Waals surface area contributed by atoms with Crippen molar-refractivity contribution in [2.45, 2.75) is 0 Å². The van der Waals surface area contributed by atoms with Gasteiger partial charge in [0.15, 0.2) is 0 Å². The molecule has 0 spiro atoms. The number of rotatable bonds is 4. The van der Waals surface area contributed by atoms with E-state index in [-0.39, 0.29) is 14.2 Å². The largest absolute Gasteiger partial charge is 0.520 e. The minimum absolute atomic E-state index is 0.109. The van der Waals surface area contributed by atoms with Gasteiger partial charge in [-0.25, -0.2) is 4.98 Å². The van der Waals surface area contributed by atoms with Gasteiger partial charge in [-0.3, -0.25) is 0 Å². The Bertz CT molecular complexity index is 3040. The van der Waals surface area contributed by atoms with E-state index < -0.39 is 0 Å². The van der Waals surface area contributed by atoms with Gasteiger partial charge in [-0.2, -0.15) is 0 Å². The van der Waals surface area contributed by atoms with Gasteiger partial charge in [-0.05, 0) is 97.1 Å². The van der Waals surface area contributed by atoms with Crippen LogP contribution < -0.4 is 28.9 Å². The molecule has 0 unspecified atom stereocenters. The SMILES string of the molecule is c1ccc(N2B3N(c4ccc5sc6c(N7B8N(c9ccccc9)c9ccccc9N8c8ccccc87)nccc6c5c4)c4ccccc4N3c3ccccc32)cc1. The van der Waals surface area contributed by atoms with Crippen molar-refractivity contribution >= 4 is 114 Å². The second-order valence-corrected chi connectivity index (χ2v) is 15.9. The van der Waals surface area contributed by atoms with Crippen LogP contribution in [0.1, 0.15) is 0 Å². The third-order valence-corrected chi connectivity index (χ3v) is 13.1. The van der Waals surface area contributed by atoms with Crippen molar-refractivity contribution in [1.82, 2.24) is 4.98 Å². The van der Waals surface area contributed by atoms with Crippen molar-refractivity contribution in [2.75, 3.05) is 28.9 Å². The summed E-state index contributed by atoms with van der Waals surface area (Å²) in [6, 6.07) is 65.8. The topological polar surface area (TPSA) is 32.3 Å². The molecule has 13 rings (SSSR count). The number of benzene rings is 7. The molecule has 0 aliphatic carbocycles.